The van der Waals surface area contributed by atoms with Gasteiger partial charge in [0.25, 0.3) is 0 Å². The van der Waals surface area contributed by atoms with Crippen molar-refractivity contribution in [3.63, 3.8) is 0 Å². The zero-order valence-corrected chi connectivity index (χ0v) is 19.1. The van der Waals surface area contributed by atoms with Gasteiger partial charge >= 0.3 is 0 Å². The van der Waals surface area contributed by atoms with Crippen LogP contribution >= 0.6 is 0 Å². The molecule has 4 heteroatoms. The standard InChI is InChI=1S/C22H30N2O.C6H6O/c1-16-11-12-24(15-20(23)13-18-7-4-3-5-8-18)22(17(16)2)19-9-6-10-21(25)14-19;7-6-4-2-1-3-5-6/h3-10,14,16-17,20,22,25H,11-13,15,23H2,1-2H3;1-5,7H. The third-order valence-electron chi connectivity index (χ3n) is 6.44. The quantitative estimate of drug-likeness (QED) is 0.507. The van der Waals surface area contributed by atoms with E-state index in [-0.39, 0.29) is 6.04 Å². The van der Waals surface area contributed by atoms with Crippen LogP contribution in [0.2, 0.25) is 0 Å². The number of aromatic hydroxyl groups is 2. The molecule has 0 saturated carbocycles. The number of hydrogen-bond donors (Lipinski definition) is 3. The summed E-state index contributed by atoms with van der Waals surface area (Å²) < 4.78 is 0. The summed E-state index contributed by atoms with van der Waals surface area (Å²) in [5.41, 5.74) is 8.99. The Kier molecular flexibility index (Phi) is 8.72. The molecular formula is C28H36N2O2. The number of likely N-dealkylation sites (tertiary alicyclic amines) is 1. The lowest BCUT2D eigenvalue weighted by atomic mass is 9.78. The summed E-state index contributed by atoms with van der Waals surface area (Å²) in [6.07, 6.45) is 2.10. The summed E-state index contributed by atoms with van der Waals surface area (Å²) in [6, 6.07) is 27.4. The van der Waals surface area contributed by atoms with Gasteiger partial charge in [-0.1, -0.05) is 74.5 Å². The molecule has 1 saturated heterocycles. The summed E-state index contributed by atoms with van der Waals surface area (Å²) >= 11 is 0. The average molecular weight is 433 g/mol. The minimum Gasteiger partial charge on any atom is -0.508 e. The van der Waals surface area contributed by atoms with Gasteiger partial charge in [0.2, 0.25) is 0 Å². The predicted molar refractivity (Wildman–Crippen MR) is 132 cm³/mol. The highest BCUT2D eigenvalue weighted by Gasteiger charge is 2.34. The molecule has 0 amide bonds. The molecule has 1 aliphatic heterocycles. The molecule has 0 aromatic heterocycles. The molecule has 4 nitrogen and oxygen atoms in total. The molecule has 170 valence electrons. The van der Waals surface area contributed by atoms with Crippen molar-refractivity contribution in [3.05, 3.63) is 96.1 Å². The van der Waals surface area contributed by atoms with Crippen molar-refractivity contribution in [2.24, 2.45) is 17.6 Å². The second-order valence-corrected chi connectivity index (χ2v) is 8.95. The molecule has 32 heavy (non-hydrogen) atoms. The number of phenolic OH excluding ortho intramolecular Hbond substituents is 2. The van der Waals surface area contributed by atoms with E-state index in [0.717, 1.165) is 19.5 Å². The van der Waals surface area contributed by atoms with Crippen molar-refractivity contribution >= 4 is 0 Å². The molecule has 0 bridgehead atoms. The highest BCUT2D eigenvalue weighted by molar-refractivity contribution is 5.30. The van der Waals surface area contributed by atoms with E-state index in [1.807, 2.05) is 24.3 Å². The summed E-state index contributed by atoms with van der Waals surface area (Å²) in [4.78, 5) is 2.52. The van der Waals surface area contributed by atoms with Crippen LogP contribution in [0.4, 0.5) is 0 Å². The van der Waals surface area contributed by atoms with E-state index < -0.39 is 0 Å². The fraction of sp³-hybridized carbons (Fsp3) is 0.357. The number of nitrogens with two attached hydrogens (primary N) is 1. The van der Waals surface area contributed by atoms with E-state index in [1.54, 1.807) is 30.3 Å². The van der Waals surface area contributed by atoms with E-state index >= 15 is 0 Å². The molecule has 0 radical (unpaired) electrons. The molecule has 4 N–H and O–H groups in total. The Morgan fingerprint density at radius 3 is 2.09 bits per heavy atom. The number of phenols is 2. The van der Waals surface area contributed by atoms with E-state index in [0.29, 0.717) is 29.4 Å². The molecule has 4 atom stereocenters. The Morgan fingerprint density at radius 2 is 1.50 bits per heavy atom. The van der Waals surface area contributed by atoms with Crippen LogP contribution in [0.25, 0.3) is 0 Å². The van der Waals surface area contributed by atoms with Crippen molar-refractivity contribution in [2.45, 2.75) is 38.8 Å². The van der Waals surface area contributed by atoms with Crippen LogP contribution in [0, 0.1) is 11.8 Å². The van der Waals surface area contributed by atoms with Gasteiger partial charge in [-0.3, -0.25) is 4.90 Å². The van der Waals surface area contributed by atoms with Crippen LogP contribution in [-0.4, -0.2) is 34.2 Å². The summed E-state index contributed by atoms with van der Waals surface area (Å²) in [5.74, 6) is 1.88. The molecule has 1 heterocycles. The predicted octanol–water partition coefficient (Wildman–Crippen LogP) is 5.37. The lowest BCUT2D eigenvalue weighted by molar-refractivity contribution is 0.0582. The first-order valence-electron chi connectivity index (χ1n) is 11.5. The summed E-state index contributed by atoms with van der Waals surface area (Å²) in [5, 5.41) is 18.5. The van der Waals surface area contributed by atoms with Crippen molar-refractivity contribution in [3.8, 4) is 11.5 Å². The highest BCUT2D eigenvalue weighted by atomic mass is 16.3. The Bertz CT molecular complexity index is 932. The van der Waals surface area contributed by atoms with Crippen LogP contribution in [0.1, 0.15) is 37.4 Å². The number of hydrogen-bond acceptors (Lipinski definition) is 4. The van der Waals surface area contributed by atoms with E-state index in [1.165, 1.54) is 17.5 Å². The first-order valence-corrected chi connectivity index (χ1v) is 11.5. The number of benzene rings is 3. The fourth-order valence-corrected chi connectivity index (χ4v) is 4.55. The van der Waals surface area contributed by atoms with Crippen LogP contribution in [0.3, 0.4) is 0 Å². The summed E-state index contributed by atoms with van der Waals surface area (Å²) in [7, 11) is 0. The van der Waals surface area contributed by atoms with Crippen molar-refractivity contribution in [2.75, 3.05) is 13.1 Å². The van der Waals surface area contributed by atoms with Gasteiger partial charge in [-0.25, -0.2) is 0 Å². The molecule has 1 aliphatic rings. The molecule has 1 fully saturated rings. The van der Waals surface area contributed by atoms with Gasteiger partial charge in [-0.15, -0.1) is 0 Å². The second kappa shape index (κ2) is 11.7. The average Bonchev–Trinajstić information content (AvgIpc) is 2.78. The van der Waals surface area contributed by atoms with Gasteiger partial charge in [0.1, 0.15) is 11.5 Å². The smallest absolute Gasteiger partial charge is 0.115 e. The topological polar surface area (TPSA) is 69.7 Å². The van der Waals surface area contributed by atoms with Gasteiger partial charge < -0.3 is 15.9 Å². The third-order valence-corrected chi connectivity index (χ3v) is 6.44. The van der Waals surface area contributed by atoms with Crippen LogP contribution in [0.5, 0.6) is 11.5 Å². The minimum absolute atomic E-state index is 0.114. The van der Waals surface area contributed by atoms with E-state index in [2.05, 4.69) is 49.1 Å². The Morgan fingerprint density at radius 1 is 0.875 bits per heavy atom. The largest absolute Gasteiger partial charge is 0.508 e. The number of nitrogens with zero attached hydrogens (tertiary/aromatic N) is 1. The molecular weight excluding hydrogens is 396 g/mol. The number of rotatable bonds is 5. The van der Waals surface area contributed by atoms with Crippen LogP contribution < -0.4 is 5.73 Å². The van der Waals surface area contributed by atoms with Crippen molar-refractivity contribution in [1.82, 2.24) is 4.90 Å². The maximum atomic E-state index is 9.92. The maximum absolute atomic E-state index is 9.92. The molecule has 3 aromatic carbocycles. The Labute approximate surface area is 192 Å². The lowest BCUT2D eigenvalue weighted by Crippen LogP contribution is -2.47. The Balaban J connectivity index is 0.000000352. The second-order valence-electron chi connectivity index (χ2n) is 8.95. The third kappa shape index (κ3) is 6.84. The van der Waals surface area contributed by atoms with Gasteiger partial charge in [0.05, 0.1) is 0 Å². The zero-order valence-electron chi connectivity index (χ0n) is 19.1. The molecule has 4 unspecified atom stereocenters. The molecule has 0 spiro atoms. The van der Waals surface area contributed by atoms with Crippen LogP contribution in [0.15, 0.2) is 84.9 Å². The molecule has 3 aromatic rings. The zero-order chi connectivity index (χ0) is 22.9. The Hall–Kier alpha value is -2.82. The highest BCUT2D eigenvalue weighted by Crippen LogP contribution is 2.39. The number of piperidine rings is 1. The van der Waals surface area contributed by atoms with Gasteiger partial charge in [-0.05, 0) is 66.6 Å². The first kappa shape index (κ1) is 23.8. The maximum Gasteiger partial charge on any atom is 0.115 e. The van der Waals surface area contributed by atoms with Crippen LogP contribution in [-0.2, 0) is 6.42 Å². The van der Waals surface area contributed by atoms with E-state index in [9.17, 15) is 5.11 Å². The normalized spacial score (nSPS) is 21.9. The lowest BCUT2D eigenvalue weighted by Gasteiger charge is -2.44. The number of para-hydroxylation sites is 1. The SMILES string of the molecule is CC1CCN(CC(N)Cc2ccccc2)C(c2cccc(O)c2)C1C.Oc1ccccc1. The minimum atomic E-state index is 0.114. The molecule has 0 aliphatic carbocycles. The monoisotopic (exact) mass is 432 g/mol. The van der Waals surface area contributed by atoms with Crippen molar-refractivity contribution < 1.29 is 10.2 Å². The van der Waals surface area contributed by atoms with Gasteiger partial charge in [0.15, 0.2) is 0 Å². The van der Waals surface area contributed by atoms with E-state index in [4.69, 9.17) is 10.8 Å². The van der Waals surface area contributed by atoms with Gasteiger partial charge in [0, 0.05) is 18.6 Å². The molecule has 4 rings (SSSR count). The fourth-order valence-electron chi connectivity index (χ4n) is 4.55. The first-order chi connectivity index (χ1) is 15.4. The van der Waals surface area contributed by atoms with Crippen molar-refractivity contribution in [1.29, 1.82) is 0 Å². The summed E-state index contributed by atoms with van der Waals surface area (Å²) in [6.45, 7) is 6.61. The van der Waals surface area contributed by atoms with Gasteiger partial charge in [-0.2, -0.15) is 0 Å².